The molecule has 0 aliphatic carbocycles. The number of rotatable bonds is 7. The van der Waals surface area contributed by atoms with Crippen LogP contribution in [0, 0.1) is 0 Å². The third-order valence-corrected chi connectivity index (χ3v) is 4.31. The molecule has 0 aliphatic rings. The fourth-order valence-corrected chi connectivity index (χ4v) is 2.78. The molecule has 1 heterocycles. The molecule has 28 heavy (non-hydrogen) atoms. The molecule has 1 unspecified atom stereocenters. The van der Waals surface area contributed by atoms with Crippen molar-refractivity contribution in [1.82, 2.24) is 0 Å². The molecule has 0 aliphatic heterocycles. The topological polar surface area (TPSA) is 88.8 Å². The summed E-state index contributed by atoms with van der Waals surface area (Å²) in [6.07, 6.45) is 0.363. The summed E-state index contributed by atoms with van der Waals surface area (Å²) < 4.78 is 11.0. The standard InChI is InChI=1S/C22H21NO5/c1-3-15-6-4-5-7-18(15)23-21(24)16-8-10-17(11-9-16)27-14(2)19-12-13-20(28-19)22(25)26/h4-14H,3H2,1-2H3,(H,23,24)(H,25,26). The molecule has 1 atom stereocenters. The minimum atomic E-state index is -1.13. The number of hydrogen-bond acceptors (Lipinski definition) is 4. The van der Waals surface area contributed by atoms with E-state index in [9.17, 15) is 9.59 Å². The highest BCUT2D eigenvalue weighted by molar-refractivity contribution is 6.04. The molecular formula is C22H21NO5. The van der Waals surface area contributed by atoms with Gasteiger partial charge in [-0.05, 0) is 61.4 Å². The van der Waals surface area contributed by atoms with Gasteiger partial charge >= 0.3 is 5.97 Å². The van der Waals surface area contributed by atoms with Gasteiger partial charge in [0.1, 0.15) is 11.5 Å². The number of carboxylic acids is 1. The molecule has 6 nitrogen and oxygen atoms in total. The Kier molecular flexibility index (Phi) is 5.79. The third-order valence-electron chi connectivity index (χ3n) is 4.31. The fourth-order valence-electron chi connectivity index (χ4n) is 2.78. The first kappa shape index (κ1) is 19.2. The minimum absolute atomic E-state index is 0.134. The summed E-state index contributed by atoms with van der Waals surface area (Å²) in [5.74, 6) is -0.498. The molecule has 2 aromatic carbocycles. The summed E-state index contributed by atoms with van der Waals surface area (Å²) >= 11 is 0. The number of carbonyl (C=O) groups is 2. The molecule has 2 N–H and O–H groups in total. The van der Waals surface area contributed by atoms with Gasteiger partial charge in [0.25, 0.3) is 5.91 Å². The summed E-state index contributed by atoms with van der Waals surface area (Å²) in [5, 5.41) is 11.8. The van der Waals surface area contributed by atoms with Crippen molar-refractivity contribution in [2.45, 2.75) is 26.4 Å². The number of para-hydroxylation sites is 1. The summed E-state index contributed by atoms with van der Waals surface area (Å²) in [6.45, 7) is 3.80. The Bertz CT molecular complexity index is 975. The van der Waals surface area contributed by atoms with E-state index in [0.29, 0.717) is 17.1 Å². The zero-order valence-corrected chi connectivity index (χ0v) is 15.6. The van der Waals surface area contributed by atoms with Gasteiger partial charge in [-0.15, -0.1) is 0 Å². The molecule has 3 aromatic rings. The van der Waals surface area contributed by atoms with Crippen molar-refractivity contribution < 1.29 is 23.8 Å². The van der Waals surface area contributed by atoms with Gasteiger partial charge in [0.15, 0.2) is 6.10 Å². The number of aryl methyl sites for hydroxylation is 1. The van der Waals surface area contributed by atoms with Crippen LogP contribution in [0.15, 0.2) is 65.1 Å². The van der Waals surface area contributed by atoms with Crippen LogP contribution in [0.5, 0.6) is 5.75 Å². The van der Waals surface area contributed by atoms with E-state index >= 15 is 0 Å². The number of anilines is 1. The summed E-state index contributed by atoms with van der Waals surface area (Å²) in [7, 11) is 0. The fraction of sp³-hybridized carbons (Fsp3) is 0.182. The van der Waals surface area contributed by atoms with Gasteiger partial charge < -0.3 is 19.6 Å². The lowest BCUT2D eigenvalue weighted by atomic mass is 10.1. The quantitative estimate of drug-likeness (QED) is 0.607. The Morgan fingerprint density at radius 3 is 2.43 bits per heavy atom. The van der Waals surface area contributed by atoms with Crippen molar-refractivity contribution in [3.8, 4) is 5.75 Å². The van der Waals surface area contributed by atoms with Crippen LogP contribution < -0.4 is 10.1 Å². The number of hydrogen-bond donors (Lipinski definition) is 2. The van der Waals surface area contributed by atoms with Crippen molar-refractivity contribution in [3.63, 3.8) is 0 Å². The van der Waals surface area contributed by atoms with E-state index in [1.807, 2.05) is 31.2 Å². The number of carbonyl (C=O) groups excluding carboxylic acids is 1. The van der Waals surface area contributed by atoms with Crippen LogP contribution in [0.2, 0.25) is 0 Å². The Hall–Kier alpha value is -3.54. The molecule has 0 saturated heterocycles. The van der Waals surface area contributed by atoms with Crippen LogP contribution in [0.1, 0.15) is 52.2 Å². The predicted molar refractivity (Wildman–Crippen MR) is 105 cm³/mol. The molecule has 6 heteroatoms. The summed E-state index contributed by atoms with van der Waals surface area (Å²) in [4.78, 5) is 23.4. The molecule has 144 valence electrons. The summed E-state index contributed by atoms with van der Waals surface area (Å²) in [5.41, 5.74) is 2.39. The van der Waals surface area contributed by atoms with E-state index < -0.39 is 12.1 Å². The SMILES string of the molecule is CCc1ccccc1NC(=O)c1ccc(OC(C)c2ccc(C(=O)O)o2)cc1. The molecule has 0 saturated carbocycles. The van der Waals surface area contributed by atoms with Gasteiger partial charge in [-0.1, -0.05) is 25.1 Å². The van der Waals surface area contributed by atoms with E-state index in [-0.39, 0.29) is 11.7 Å². The van der Waals surface area contributed by atoms with Crippen molar-refractivity contribution >= 4 is 17.6 Å². The highest BCUT2D eigenvalue weighted by atomic mass is 16.5. The van der Waals surface area contributed by atoms with Crippen LogP contribution in [0.3, 0.4) is 0 Å². The monoisotopic (exact) mass is 379 g/mol. The number of nitrogens with one attached hydrogen (secondary N) is 1. The first-order chi connectivity index (χ1) is 13.5. The maximum Gasteiger partial charge on any atom is 0.371 e. The maximum atomic E-state index is 12.5. The number of benzene rings is 2. The Balaban J connectivity index is 1.65. The molecule has 3 rings (SSSR count). The van der Waals surface area contributed by atoms with Crippen LogP contribution in [-0.2, 0) is 6.42 Å². The van der Waals surface area contributed by atoms with E-state index in [1.54, 1.807) is 37.3 Å². The zero-order valence-electron chi connectivity index (χ0n) is 15.6. The lowest BCUT2D eigenvalue weighted by Gasteiger charge is -2.13. The molecule has 1 aromatic heterocycles. The van der Waals surface area contributed by atoms with E-state index in [0.717, 1.165) is 17.7 Å². The highest BCUT2D eigenvalue weighted by Gasteiger charge is 2.16. The molecule has 1 amide bonds. The van der Waals surface area contributed by atoms with Gasteiger partial charge in [-0.3, -0.25) is 4.79 Å². The number of furan rings is 1. The van der Waals surface area contributed by atoms with Gasteiger partial charge in [-0.25, -0.2) is 4.79 Å². The molecular weight excluding hydrogens is 358 g/mol. The van der Waals surface area contributed by atoms with Gasteiger partial charge in [0.2, 0.25) is 5.76 Å². The molecule has 0 fully saturated rings. The Morgan fingerprint density at radius 2 is 1.79 bits per heavy atom. The van der Waals surface area contributed by atoms with Crippen LogP contribution in [0.4, 0.5) is 5.69 Å². The van der Waals surface area contributed by atoms with E-state index in [1.165, 1.54) is 6.07 Å². The lowest BCUT2D eigenvalue weighted by Crippen LogP contribution is -2.13. The largest absolute Gasteiger partial charge is 0.483 e. The second-order valence-corrected chi connectivity index (χ2v) is 6.26. The Labute approximate surface area is 162 Å². The number of amides is 1. The van der Waals surface area contributed by atoms with Crippen molar-refractivity contribution in [2.75, 3.05) is 5.32 Å². The predicted octanol–water partition coefficient (Wildman–Crippen LogP) is 4.93. The summed E-state index contributed by atoms with van der Waals surface area (Å²) in [6, 6.07) is 17.4. The highest BCUT2D eigenvalue weighted by Crippen LogP contribution is 2.24. The first-order valence-electron chi connectivity index (χ1n) is 8.97. The normalized spacial score (nSPS) is 11.6. The second-order valence-electron chi connectivity index (χ2n) is 6.26. The van der Waals surface area contributed by atoms with Crippen LogP contribution in [0.25, 0.3) is 0 Å². The smallest absolute Gasteiger partial charge is 0.371 e. The average Bonchev–Trinajstić information content (AvgIpc) is 3.20. The van der Waals surface area contributed by atoms with Crippen molar-refractivity contribution in [3.05, 3.63) is 83.3 Å². The zero-order chi connectivity index (χ0) is 20.1. The first-order valence-corrected chi connectivity index (χ1v) is 8.97. The molecule has 0 spiro atoms. The van der Waals surface area contributed by atoms with Crippen molar-refractivity contribution in [1.29, 1.82) is 0 Å². The van der Waals surface area contributed by atoms with E-state index in [4.69, 9.17) is 14.3 Å². The number of carboxylic acid groups (broad SMARTS) is 1. The third kappa shape index (κ3) is 4.40. The van der Waals surface area contributed by atoms with E-state index in [2.05, 4.69) is 5.32 Å². The maximum absolute atomic E-state index is 12.5. The molecule has 0 radical (unpaired) electrons. The lowest BCUT2D eigenvalue weighted by molar-refractivity contribution is 0.0655. The Morgan fingerprint density at radius 1 is 1.07 bits per heavy atom. The van der Waals surface area contributed by atoms with Gasteiger partial charge in [0.05, 0.1) is 0 Å². The van der Waals surface area contributed by atoms with Crippen LogP contribution in [-0.4, -0.2) is 17.0 Å². The van der Waals surface area contributed by atoms with Gasteiger partial charge in [0, 0.05) is 11.3 Å². The van der Waals surface area contributed by atoms with Crippen molar-refractivity contribution in [2.24, 2.45) is 0 Å². The van der Waals surface area contributed by atoms with Crippen LogP contribution >= 0.6 is 0 Å². The minimum Gasteiger partial charge on any atom is -0.483 e. The second kappa shape index (κ2) is 8.43. The number of ether oxygens (including phenoxy) is 1. The average molecular weight is 379 g/mol. The van der Waals surface area contributed by atoms with Gasteiger partial charge in [-0.2, -0.15) is 0 Å². The molecule has 0 bridgehead atoms. The number of aromatic carboxylic acids is 1.